The largest absolute Gasteiger partial charge is 0.326 e. The second-order valence-electron chi connectivity index (χ2n) is 5.51. The third kappa shape index (κ3) is 3.38. The summed E-state index contributed by atoms with van der Waals surface area (Å²) in [5, 5.41) is 0. The highest BCUT2D eigenvalue weighted by Crippen LogP contribution is 2.19. The molecule has 1 atom stereocenters. The number of likely N-dealkylation sites (tertiary alicyclic amines) is 1. The van der Waals surface area contributed by atoms with Crippen molar-refractivity contribution in [3.63, 3.8) is 0 Å². The summed E-state index contributed by atoms with van der Waals surface area (Å²) in [6, 6.07) is 5.24. The molecule has 1 saturated heterocycles. The summed E-state index contributed by atoms with van der Waals surface area (Å²) in [6.07, 6.45) is 1.04. The van der Waals surface area contributed by atoms with E-state index in [1.54, 1.807) is 19.1 Å². The zero-order valence-corrected chi connectivity index (χ0v) is 12.9. The summed E-state index contributed by atoms with van der Waals surface area (Å²) in [5.74, 6) is 0.396. The molecular formula is C14H23N3O2S. The smallest absolute Gasteiger partial charge is 0.240 e. The Morgan fingerprint density at radius 2 is 2.20 bits per heavy atom. The van der Waals surface area contributed by atoms with E-state index >= 15 is 0 Å². The van der Waals surface area contributed by atoms with Crippen LogP contribution in [0, 0.1) is 12.8 Å². The van der Waals surface area contributed by atoms with Crippen molar-refractivity contribution in [2.24, 2.45) is 11.7 Å². The monoisotopic (exact) mass is 297 g/mol. The van der Waals surface area contributed by atoms with E-state index in [4.69, 9.17) is 5.73 Å². The van der Waals surface area contributed by atoms with Gasteiger partial charge in [0.1, 0.15) is 0 Å². The van der Waals surface area contributed by atoms with Crippen LogP contribution >= 0.6 is 0 Å². The van der Waals surface area contributed by atoms with Crippen LogP contribution in [0.2, 0.25) is 0 Å². The SMILES string of the molecule is Cc1c(CN)cccc1S(=O)(=O)NCC1CCN(C)C1. The van der Waals surface area contributed by atoms with E-state index in [0.717, 1.165) is 30.6 Å². The molecule has 1 aromatic rings. The zero-order chi connectivity index (χ0) is 14.8. The molecule has 0 radical (unpaired) electrons. The van der Waals surface area contributed by atoms with Gasteiger partial charge >= 0.3 is 0 Å². The lowest BCUT2D eigenvalue weighted by atomic mass is 10.1. The Morgan fingerprint density at radius 1 is 1.45 bits per heavy atom. The van der Waals surface area contributed by atoms with Crippen LogP contribution < -0.4 is 10.5 Å². The van der Waals surface area contributed by atoms with E-state index in [1.165, 1.54) is 0 Å². The van der Waals surface area contributed by atoms with Crippen molar-refractivity contribution in [2.45, 2.75) is 24.8 Å². The highest BCUT2D eigenvalue weighted by Gasteiger charge is 2.23. The lowest BCUT2D eigenvalue weighted by molar-refractivity contribution is 0.394. The summed E-state index contributed by atoms with van der Waals surface area (Å²) >= 11 is 0. The molecular weight excluding hydrogens is 274 g/mol. The fraction of sp³-hybridized carbons (Fsp3) is 0.571. The maximum Gasteiger partial charge on any atom is 0.240 e. The molecule has 6 heteroatoms. The fourth-order valence-electron chi connectivity index (χ4n) is 2.67. The lowest BCUT2D eigenvalue weighted by Gasteiger charge is -2.14. The van der Waals surface area contributed by atoms with Gasteiger partial charge in [0, 0.05) is 19.6 Å². The van der Waals surface area contributed by atoms with Crippen LogP contribution in [0.25, 0.3) is 0 Å². The fourth-order valence-corrected chi connectivity index (χ4v) is 4.07. The van der Waals surface area contributed by atoms with Crippen molar-refractivity contribution in [3.05, 3.63) is 29.3 Å². The maximum atomic E-state index is 12.4. The Morgan fingerprint density at radius 3 is 2.80 bits per heavy atom. The minimum absolute atomic E-state index is 0.340. The predicted octanol–water partition coefficient (Wildman–Crippen LogP) is 0.684. The summed E-state index contributed by atoms with van der Waals surface area (Å²) < 4.78 is 27.5. The summed E-state index contributed by atoms with van der Waals surface area (Å²) in [7, 11) is -1.39. The van der Waals surface area contributed by atoms with E-state index in [1.807, 2.05) is 6.07 Å². The molecule has 0 bridgehead atoms. The number of nitrogens with one attached hydrogen (secondary N) is 1. The molecule has 20 heavy (non-hydrogen) atoms. The van der Waals surface area contributed by atoms with Crippen molar-refractivity contribution in [1.82, 2.24) is 9.62 Å². The number of hydrogen-bond donors (Lipinski definition) is 2. The molecule has 1 aliphatic heterocycles. The molecule has 3 N–H and O–H groups in total. The van der Waals surface area contributed by atoms with Gasteiger partial charge in [-0.2, -0.15) is 0 Å². The maximum absolute atomic E-state index is 12.4. The van der Waals surface area contributed by atoms with Crippen LogP contribution in [0.3, 0.4) is 0 Å². The molecule has 0 spiro atoms. The Labute approximate surface area is 121 Å². The minimum Gasteiger partial charge on any atom is -0.326 e. The van der Waals surface area contributed by atoms with Crippen molar-refractivity contribution < 1.29 is 8.42 Å². The molecule has 1 fully saturated rings. The third-order valence-corrected chi connectivity index (χ3v) is 5.52. The van der Waals surface area contributed by atoms with Crippen LogP contribution in [0.4, 0.5) is 0 Å². The quantitative estimate of drug-likeness (QED) is 0.838. The second kappa shape index (κ2) is 6.22. The van der Waals surface area contributed by atoms with E-state index in [0.29, 0.717) is 23.9 Å². The van der Waals surface area contributed by atoms with E-state index in [9.17, 15) is 8.42 Å². The highest BCUT2D eigenvalue weighted by atomic mass is 32.2. The number of nitrogens with zero attached hydrogens (tertiary/aromatic N) is 1. The number of hydrogen-bond acceptors (Lipinski definition) is 4. The Bertz CT molecular complexity index is 572. The van der Waals surface area contributed by atoms with Crippen molar-refractivity contribution in [2.75, 3.05) is 26.7 Å². The highest BCUT2D eigenvalue weighted by molar-refractivity contribution is 7.89. The molecule has 0 saturated carbocycles. The first-order valence-electron chi connectivity index (χ1n) is 6.91. The Balaban J connectivity index is 2.10. The molecule has 5 nitrogen and oxygen atoms in total. The summed E-state index contributed by atoms with van der Waals surface area (Å²) in [6.45, 7) is 4.64. The van der Waals surface area contributed by atoms with E-state index < -0.39 is 10.0 Å². The first kappa shape index (κ1) is 15.4. The second-order valence-corrected chi connectivity index (χ2v) is 7.25. The van der Waals surface area contributed by atoms with Gasteiger partial charge in [0.25, 0.3) is 0 Å². The van der Waals surface area contributed by atoms with Crippen molar-refractivity contribution in [1.29, 1.82) is 0 Å². The van der Waals surface area contributed by atoms with Gasteiger partial charge in [0.15, 0.2) is 0 Å². The van der Waals surface area contributed by atoms with Gasteiger partial charge in [0.05, 0.1) is 4.90 Å². The number of nitrogens with two attached hydrogens (primary N) is 1. The van der Waals surface area contributed by atoms with Gasteiger partial charge in [-0.15, -0.1) is 0 Å². The third-order valence-electron chi connectivity index (χ3n) is 3.96. The van der Waals surface area contributed by atoms with Crippen LogP contribution in [-0.4, -0.2) is 40.0 Å². The molecule has 0 aliphatic carbocycles. The normalized spacial score (nSPS) is 20.4. The van der Waals surface area contributed by atoms with Gasteiger partial charge in [-0.3, -0.25) is 0 Å². The topological polar surface area (TPSA) is 75.4 Å². The first-order valence-corrected chi connectivity index (χ1v) is 8.39. The summed E-state index contributed by atoms with van der Waals surface area (Å²) in [5.41, 5.74) is 7.24. The molecule has 2 rings (SSSR count). The Hall–Kier alpha value is -0.950. The molecule has 1 heterocycles. The number of rotatable bonds is 5. The van der Waals surface area contributed by atoms with Crippen molar-refractivity contribution >= 4 is 10.0 Å². The number of sulfonamides is 1. The average Bonchev–Trinajstić information content (AvgIpc) is 2.82. The van der Waals surface area contributed by atoms with Crippen molar-refractivity contribution in [3.8, 4) is 0 Å². The molecule has 0 amide bonds. The summed E-state index contributed by atoms with van der Waals surface area (Å²) in [4.78, 5) is 2.56. The van der Waals surface area contributed by atoms with Crippen LogP contribution in [0.15, 0.2) is 23.1 Å². The average molecular weight is 297 g/mol. The molecule has 0 aromatic heterocycles. The molecule has 1 unspecified atom stereocenters. The number of benzene rings is 1. The van der Waals surface area contributed by atoms with Gasteiger partial charge < -0.3 is 10.6 Å². The van der Waals surface area contributed by atoms with Crippen LogP contribution in [-0.2, 0) is 16.6 Å². The molecule has 1 aromatic carbocycles. The van der Waals surface area contributed by atoms with E-state index in [2.05, 4.69) is 16.7 Å². The first-order chi connectivity index (χ1) is 9.44. The van der Waals surface area contributed by atoms with Gasteiger partial charge in [-0.25, -0.2) is 13.1 Å². The molecule has 1 aliphatic rings. The minimum atomic E-state index is -3.45. The standard InChI is InChI=1S/C14H23N3O2S/c1-11-13(8-15)4-3-5-14(11)20(18,19)16-9-12-6-7-17(2)10-12/h3-5,12,16H,6-10,15H2,1-2H3. The van der Waals surface area contributed by atoms with E-state index in [-0.39, 0.29) is 0 Å². The van der Waals surface area contributed by atoms with Gasteiger partial charge in [0.2, 0.25) is 10.0 Å². The molecule has 112 valence electrons. The lowest BCUT2D eigenvalue weighted by Crippen LogP contribution is -2.31. The zero-order valence-electron chi connectivity index (χ0n) is 12.1. The van der Waals surface area contributed by atoms with Crippen LogP contribution in [0.5, 0.6) is 0 Å². The predicted molar refractivity (Wildman–Crippen MR) is 79.9 cm³/mol. The Kier molecular flexibility index (Phi) is 4.80. The van der Waals surface area contributed by atoms with Gasteiger partial charge in [-0.1, -0.05) is 12.1 Å². The van der Waals surface area contributed by atoms with Gasteiger partial charge in [-0.05, 0) is 50.0 Å². The van der Waals surface area contributed by atoms with Crippen LogP contribution in [0.1, 0.15) is 17.5 Å².